The molecule has 2 aromatic heterocycles. The van der Waals surface area contributed by atoms with Gasteiger partial charge in [0.1, 0.15) is 5.82 Å². The second-order valence-corrected chi connectivity index (χ2v) is 8.17. The molecular formula is C16H17FN4O2S2. The number of hydrogen-bond donors (Lipinski definition) is 1. The molecule has 2 heterocycles. The van der Waals surface area contributed by atoms with Crippen LogP contribution in [0.1, 0.15) is 17.1 Å². The summed E-state index contributed by atoms with van der Waals surface area (Å²) in [4.78, 5) is 4.53. The number of aryl methyl sites for hydroxylation is 2. The molecule has 0 saturated heterocycles. The minimum Gasteiger partial charge on any atom is -0.223 e. The first kappa shape index (κ1) is 17.7. The number of rotatable bonds is 6. The molecule has 25 heavy (non-hydrogen) atoms. The number of aromatic nitrogens is 3. The van der Waals surface area contributed by atoms with E-state index in [9.17, 15) is 12.8 Å². The van der Waals surface area contributed by atoms with E-state index in [1.165, 1.54) is 23.5 Å². The maximum absolute atomic E-state index is 12.9. The van der Waals surface area contributed by atoms with Crippen LogP contribution >= 0.6 is 11.3 Å². The second-order valence-electron chi connectivity index (χ2n) is 5.56. The van der Waals surface area contributed by atoms with Gasteiger partial charge in [0, 0.05) is 24.0 Å². The Balaban J connectivity index is 1.63. The second kappa shape index (κ2) is 7.03. The van der Waals surface area contributed by atoms with E-state index in [4.69, 9.17) is 0 Å². The average molecular weight is 380 g/mol. The molecular weight excluding hydrogens is 363 g/mol. The predicted molar refractivity (Wildman–Crippen MR) is 94.0 cm³/mol. The lowest BCUT2D eigenvalue weighted by molar-refractivity contribution is 0.580. The Morgan fingerprint density at radius 3 is 2.60 bits per heavy atom. The molecule has 1 aromatic carbocycles. The van der Waals surface area contributed by atoms with Crippen molar-refractivity contribution in [2.75, 3.05) is 6.54 Å². The summed E-state index contributed by atoms with van der Waals surface area (Å²) in [6.07, 6.45) is 0.455. The van der Waals surface area contributed by atoms with Gasteiger partial charge in [-0.15, -0.1) is 11.3 Å². The molecule has 0 aliphatic heterocycles. The summed E-state index contributed by atoms with van der Waals surface area (Å²) in [5, 5.41) is 7.02. The van der Waals surface area contributed by atoms with Crippen molar-refractivity contribution >= 4 is 21.4 Å². The zero-order chi connectivity index (χ0) is 18.0. The Bertz CT molecular complexity index is 978. The Hall–Kier alpha value is -2.10. The molecule has 3 aromatic rings. The third-order valence-electron chi connectivity index (χ3n) is 3.53. The van der Waals surface area contributed by atoms with Gasteiger partial charge < -0.3 is 0 Å². The minimum atomic E-state index is -3.65. The van der Waals surface area contributed by atoms with Crippen LogP contribution in [0.4, 0.5) is 4.39 Å². The van der Waals surface area contributed by atoms with Crippen molar-refractivity contribution in [2.45, 2.75) is 25.2 Å². The van der Waals surface area contributed by atoms with Crippen molar-refractivity contribution in [2.24, 2.45) is 0 Å². The summed E-state index contributed by atoms with van der Waals surface area (Å²) in [6.45, 7) is 4.08. The zero-order valence-electron chi connectivity index (χ0n) is 13.7. The van der Waals surface area contributed by atoms with Crippen molar-refractivity contribution in [1.29, 1.82) is 0 Å². The Morgan fingerprint density at radius 1 is 1.24 bits per heavy atom. The van der Waals surface area contributed by atoms with Gasteiger partial charge in [0.25, 0.3) is 0 Å². The molecule has 0 aliphatic rings. The van der Waals surface area contributed by atoms with Crippen molar-refractivity contribution in [3.63, 3.8) is 0 Å². The predicted octanol–water partition coefficient (Wildman–Crippen LogP) is 2.61. The van der Waals surface area contributed by atoms with Crippen LogP contribution in [0.3, 0.4) is 0 Å². The van der Waals surface area contributed by atoms with Gasteiger partial charge >= 0.3 is 0 Å². The number of sulfonamides is 1. The molecule has 0 spiro atoms. The molecule has 0 aliphatic carbocycles. The number of benzene rings is 1. The number of halogens is 1. The van der Waals surface area contributed by atoms with E-state index in [2.05, 4.69) is 14.8 Å². The highest BCUT2D eigenvalue weighted by Crippen LogP contribution is 2.17. The lowest BCUT2D eigenvalue weighted by Gasteiger charge is -2.05. The van der Waals surface area contributed by atoms with Crippen molar-refractivity contribution in [1.82, 2.24) is 19.5 Å². The topological polar surface area (TPSA) is 76.9 Å². The Morgan fingerprint density at radius 2 is 1.96 bits per heavy atom. The highest BCUT2D eigenvalue weighted by Gasteiger charge is 2.14. The highest BCUT2D eigenvalue weighted by atomic mass is 32.2. The number of hydrogen-bond acceptors (Lipinski definition) is 5. The first-order valence-corrected chi connectivity index (χ1v) is 9.95. The summed E-state index contributed by atoms with van der Waals surface area (Å²) in [5.74, 6) is -0.474. The van der Waals surface area contributed by atoms with E-state index >= 15 is 0 Å². The minimum absolute atomic E-state index is 0.0375. The fourth-order valence-corrected chi connectivity index (χ4v) is 4.24. The molecule has 0 radical (unpaired) electrons. The van der Waals surface area contributed by atoms with Gasteiger partial charge in [-0.25, -0.2) is 27.2 Å². The van der Waals surface area contributed by atoms with Gasteiger partial charge in [0.2, 0.25) is 15.2 Å². The fraction of sp³-hybridized carbons (Fsp3) is 0.250. The number of nitrogens with zero attached hydrogens (tertiary/aromatic N) is 3. The molecule has 3 rings (SSSR count). The largest absolute Gasteiger partial charge is 0.240 e. The van der Waals surface area contributed by atoms with Crippen molar-refractivity contribution in [3.05, 3.63) is 58.6 Å². The van der Waals surface area contributed by atoms with E-state index in [1.807, 2.05) is 25.3 Å². The highest BCUT2D eigenvalue weighted by molar-refractivity contribution is 7.89. The van der Waals surface area contributed by atoms with Gasteiger partial charge in [-0.1, -0.05) is 0 Å². The molecule has 6 nitrogen and oxygen atoms in total. The van der Waals surface area contributed by atoms with E-state index in [-0.39, 0.29) is 11.4 Å². The summed E-state index contributed by atoms with van der Waals surface area (Å²) >= 11 is 1.46. The fourth-order valence-electron chi connectivity index (χ4n) is 2.34. The summed E-state index contributed by atoms with van der Waals surface area (Å²) in [6, 6.07) is 6.69. The van der Waals surface area contributed by atoms with Gasteiger partial charge in [-0.2, -0.15) is 5.10 Å². The molecule has 0 atom stereocenters. The summed E-state index contributed by atoms with van der Waals surface area (Å²) in [7, 11) is -3.65. The van der Waals surface area contributed by atoms with Crippen LogP contribution in [0, 0.1) is 19.7 Å². The smallest absolute Gasteiger partial charge is 0.223 e. The molecule has 0 unspecified atom stereocenters. The van der Waals surface area contributed by atoms with Gasteiger partial charge in [0.05, 0.1) is 16.3 Å². The van der Waals surface area contributed by atoms with E-state index in [1.54, 1.807) is 4.68 Å². The third-order valence-corrected chi connectivity index (χ3v) is 5.87. The quantitative estimate of drug-likeness (QED) is 0.713. The molecule has 9 heteroatoms. The zero-order valence-corrected chi connectivity index (χ0v) is 15.4. The summed E-state index contributed by atoms with van der Waals surface area (Å²) < 4.78 is 41.4. The number of nitrogens with one attached hydrogen (secondary N) is 1. The van der Waals surface area contributed by atoms with Crippen LogP contribution in [0.5, 0.6) is 0 Å². The number of thiazole rings is 1. The first-order valence-electron chi connectivity index (χ1n) is 7.58. The summed E-state index contributed by atoms with van der Waals surface area (Å²) in [5.41, 5.74) is 2.70. The average Bonchev–Trinajstić information content (AvgIpc) is 3.13. The SMILES string of the molecule is Cc1cc(C)n(-c2nc(CCNS(=O)(=O)c3ccc(F)cc3)cs2)n1. The maximum atomic E-state index is 12.9. The standard InChI is InChI=1S/C16H17FN4O2S2/c1-11-9-12(2)21(20-11)16-19-14(10-24-16)7-8-18-25(22,23)15-5-3-13(17)4-6-15/h3-6,9-10,18H,7-8H2,1-2H3. The Kier molecular flexibility index (Phi) is 4.98. The van der Waals surface area contributed by atoms with Crippen LogP contribution in [0.2, 0.25) is 0 Å². The molecule has 0 fully saturated rings. The van der Waals surface area contributed by atoms with E-state index in [0.29, 0.717) is 6.42 Å². The Labute approximate surface area is 149 Å². The van der Waals surface area contributed by atoms with Crippen molar-refractivity contribution < 1.29 is 12.8 Å². The van der Waals surface area contributed by atoms with E-state index in [0.717, 1.165) is 34.3 Å². The molecule has 0 bridgehead atoms. The third kappa shape index (κ3) is 4.12. The molecule has 1 N–H and O–H groups in total. The van der Waals surface area contributed by atoms with E-state index < -0.39 is 15.8 Å². The molecule has 0 amide bonds. The van der Waals surface area contributed by atoms with Crippen LogP contribution in [-0.4, -0.2) is 29.7 Å². The van der Waals surface area contributed by atoms with Gasteiger partial charge in [-0.05, 0) is 44.2 Å². The van der Waals surface area contributed by atoms with Crippen LogP contribution in [0.15, 0.2) is 40.6 Å². The van der Waals surface area contributed by atoms with Crippen LogP contribution < -0.4 is 4.72 Å². The first-order chi connectivity index (χ1) is 11.8. The van der Waals surface area contributed by atoms with Gasteiger partial charge in [-0.3, -0.25) is 0 Å². The van der Waals surface area contributed by atoms with Crippen molar-refractivity contribution in [3.8, 4) is 5.13 Å². The maximum Gasteiger partial charge on any atom is 0.240 e. The monoisotopic (exact) mass is 380 g/mol. The normalized spacial score (nSPS) is 11.8. The lowest BCUT2D eigenvalue weighted by Crippen LogP contribution is -2.26. The van der Waals surface area contributed by atoms with Crippen LogP contribution in [0.25, 0.3) is 5.13 Å². The van der Waals surface area contributed by atoms with Crippen LogP contribution in [-0.2, 0) is 16.4 Å². The molecule has 0 saturated carbocycles. The van der Waals surface area contributed by atoms with Gasteiger partial charge in [0.15, 0.2) is 0 Å². The molecule has 132 valence electrons. The lowest BCUT2D eigenvalue weighted by atomic mass is 10.3.